The van der Waals surface area contributed by atoms with Gasteiger partial charge in [-0.1, -0.05) is 6.92 Å². The lowest BCUT2D eigenvalue weighted by Crippen LogP contribution is -2.30. The largest absolute Gasteiger partial charge is 0.487 e. The molecule has 1 N–H and O–H groups in total. The van der Waals surface area contributed by atoms with Gasteiger partial charge in [0.2, 0.25) is 0 Å². The number of pyridine rings is 1. The van der Waals surface area contributed by atoms with Gasteiger partial charge < -0.3 is 15.0 Å². The Balaban J connectivity index is 2.57. The molecule has 0 fully saturated rings. The number of rotatable bonds is 8. The first kappa shape index (κ1) is 14.8. The highest BCUT2D eigenvalue weighted by Gasteiger charge is 2.10. The van der Waals surface area contributed by atoms with Crippen LogP contribution in [0.4, 0.5) is 5.82 Å². The van der Waals surface area contributed by atoms with Crippen LogP contribution in [0, 0.1) is 0 Å². The minimum atomic E-state index is 0.166. The third kappa shape index (κ3) is 4.92. The Kier molecular flexibility index (Phi) is 6.50. The predicted octanol–water partition coefficient (Wildman–Crippen LogP) is 2.30. The second kappa shape index (κ2) is 7.93. The summed E-state index contributed by atoms with van der Waals surface area (Å²) in [7, 11) is 2.04. The van der Waals surface area contributed by atoms with Gasteiger partial charge in [0, 0.05) is 26.3 Å². The lowest BCUT2D eigenvalue weighted by atomic mass is 10.3. The number of hydrogen-bond donors (Lipinski definition) is 1. The Labute approximate surface area is 110 Å². The van der Waals surface area contributed by atoms with Gasteiger partial charge in [-0.05, 0) is 38.9 Å². The first-order valence-corrected chi connectivity index (χ1v) is 6.68. The maximum Gasteiger partial charge on any atom is 0.171 e. The SMILES string of the molecule is CCCNCCN(C)c1ncccc1OC(C)C. The van der Waals surface area contributed by atoms with Crippen LogP contribution in [0.15, 0.2) is 18.3 Å². The van der Waals surface area contributed by atoms with E-state index in [0.717, 1.165) is 37.6 Å². The molecule has 0 aromatic carbocycles. The molecule has 0 bridgehead atoms. The fourth-order valence-electron chi connectivity index (χ4n) is 1.67. The minimum absolute atomic E-state index is 0.166. The molecule has 0 saturated carbocycles. The van der Waals surface area contributed by atoms with Gasteiger partial charge in [-0.15, -0.1) is 0 Å². The number of anilines is 1. The first-order chi connectivity index (χ1) is 8.65. The van der Waals surface area contributed by atoms with E-state index in [1.165, 1.54) is 0 Å². The van der Waals surface area contributed by atoms with Crippen molar-refractivity contribution in [1.82, 2.24) is 10.3 Å². The zero-order chi connectivity index (χ0) is 13.4. The molecule has 0 aliphatic rings. The summed E-state index contributed by atoms with van der Waals surface area (Å²) in [6, 6.07) is 3.88. The summed E-state index contributed by atoms with van der Waals surface area (Å²) in [6.45, 7) is 9.17. The van der Waals surface area contributed by atoms with Crippen LogP contribution >= 0.6 is 0 Å². The van der Waals surface area contributed by atoms with E-state index in [1.807, 2.05) is 33.0 Å². The van der Waals surface area contributed by atoms with Crippen molar-refractivity contribution in [2.24, 2.45) is 0 Å². The van der Waals surface area contributed by atoms with Gasteiger partial charge >= 0.3 is 0 Å². The van der Waals surface area contributed by atoms with Crippen LogP contribution < -0.4 is 15.0 Å². The highest BCUT2D eigenvalue weighted by molar-refractivity contribution is 5.51. The number of ether oxygens (including phenoxy) is 1. The second-order valence-electron chi connectivity index (χ2n) is 4.66. The molecule has 0 atom stereocenters. The third-order valence-corrected chi connectivity index (χ3v) is 2.53. The van der Waals surface area contributed by atoms with Crippen LogP contribution in [-0.2, 0) is 0 Å². The van der Waals surface area contributed by atoms with E-state index in [4.69, 9.17) is 4.74 Å². The summed E-state index contributed by atoms with van der Waals surface area (Å²) in [5.41, 5.74) is 0. The van der Waals surface area contributed by atoms with E-state index >= 15 is 0 Å². The number of nitrogens with one attached hydrogen (secondary N) is 1. The zero-order valence-corrected chi connectivity index (χ0v) is 11.9. The molecule has 0 aliphatic heterocycles. The second-order valence-corrected chi connectivity index (χ2v) is 4.66. The van der Waals surface area contributed by atoms with Crippen LogP contribution in [0.3, 0.4) is 0 Å². The molecule has 0 unspecified atom stereocenters. The number of likely N-dealkylation sites (N-methyl/N-ethyl adjacent to an activating group) is 1. The maximum absolute atomic E-state index is 5.77. The van der Waals surface area contributed by atoms with Crippen LogP contribution in [0.2, 0.25) is 0 Å². The van der Waals surface area contributed by atoms with Crippen molar-refractivity contribution >= 4 is 5.82 Å². The monoisotopic (exact) mass is 251 g/mol. The Morgan fingerprint density at radius 1 is 1.39 bits per heavy atom. The van der Waals surface area contributed by atoms with Crippen LogP contribution in [0.25, 0.3) is 0 Å². The molecule has 4 nitrogen and oxygen atoms in total. The van der Waals surface area contributed by atoms with Crippen LogP contribution in [0.5, 0.6) is 5.75 Å². The summed E-state index contributed by atoms with van der Waals surface area (Å²) < 4.78 is 5.77. The first-order valence-electron chi connectivity index (χ1n) is 6.68. The Morgan fingerprint density at radius 2 is 2.17 bits per heavy atom. The van der Waals surface area contributed by atoms with Crippen LogP contribution in [0.1, 0.15) is 27.2 Å². The molecular weight excluding hydrogens is 226 g/mol. The molecule has 0 saturated heterocycles. The number of aromatic nitrogens is 1. The molecule has 1 aromatic heterocycles. The van der Waals surface area contributed by atoms with Gasteiger partial charge in [0.1, 0.15) is 0 Å². The van der Waals surface area contributed by atoms with E-state index in [9.17, 15) is 0 Å². The van der Waals surface area contributed by atoms with Crippen molar-refractivity contribution in [3.8, 4) is 5.75 Å². The molecule has 1 aromatic rings. The molecule has 0 aliphatic carbocycles. The average molecular weight is 251 g/mol. The molecule has 1 heterocycles. The smallest absolute Gasteiger partial charge is 0.171 e. The molecule has 0 spiro atoms. The maximum atomic E-state index is 5.77. The van der Waals surface area contributed by atoms with Crippen molar-refractivity contribution in [3.63, 3.8) is 0 Å². The third-order valence-electron chi connectivity index (χ3n) is 2.53. The van der Waals surface area contributed by atoms with Crippen molar-refractivity contribution in [2.75, 3.05) is 31.6 Å². The van der Waals surface area contributed by atoms with Crippen LogP contribution in [-0.4, -0.2) is 37.8 Å². The van der Waals surface area contributed by atoms with Crippen molar-refractivity contribution in [2.45, 2.75) is 33.3 Å². The Hall–Kier alpha value is -1.29. The molecule has 18 heavy (non-hydrogen) atoms. The fourth-order valence-corrected chi connectivity index (χ4v) is 1.67. The van der Waals surface area contributed by atoms with E-state index in [-0.39, 0.29) is 6.10 Å². The zero-order valence-electron chi connectivity index (χ0n) is 11.9. The van der Waals surface area contributed by atoms with E-state index in [2.05, 4.69) is 22.1 Å². The molecule has 1 rings (SSSR count). The Morgan fingerprint density at radius 3 is 2.83 bits per heavy atom. The number of hydrogen-bond acceptors (Lipinski definition) is 4. The van der Waals surface area contributed by atoms with Gasteiger partial charge in [0.25, 0.3) is 0 Å². The van der Waals surface area contributed by atoms with Gasteiger partial charge in [0.15, 0.2) is 11.6 Å². The van der Waals surface area contributed by atoms with Gasteiger partial charge in [-0.2, -0.15) is 0 Å². The summed E-state index contributed by atoms with van der Waals surface area (Å²) in [4.78, 5) is 6.53. The standard InChI is InChI=1S/C14H25N3O/c1-5-8-15-10-11-17(4)14-13(18-12(2)3)7-6-9-16-14/h6-7,9,12,15H,5,8,10-11H2,1-4H3. The van der Waals surface area contributed by atoms with Crippen molar-refractivity contribution in [3.05, 3.63) is 18.3 Å². The summed E-state index contributed by atoms with van der Waals surface area (Å²) >= 11 is 0. The number of nitrogens with zero attached hydrogens (tertiary/aromatic N) is 2. The fraction of sp³-hybridized carbons (Fsp3) is 0.643. The molecule has 4 heteroatoms. The highest BCUT2D eigenvalue weighted by atomic mass is 16.5. The molecule has 0 radical (unpaired) electrons. The molecule has 0 amide bonds. The summed E-state index contributed by atoms with van der Waals surface area (Å²) in [5, 5.41) is 3.39. The minimum Gasteiger partial charge on any atom is -0.487 e. The normalized spacial score (nSPS) is 10.7. The van der Waals surface area contributed by atoms with E-state index in [0.29, 0.717) is 0 Å². The van der Waals surface area contributed by atoms with Crippen molar-refractivity contribution in [1.29, 1.82) is 0 Å². The topological polar surface area (TPSA) is 37.4 Å². The lowest BCUT2D eigenvalue weighted by Gasteiger charge is -2.22. The quantitative estimate of drug-likeness (QED) is 0.719. The Bertz CT molecular complexity index is 342. The highest BCUT2D eigenvalue weighted by Crippen LogP contribution is 2.24. The van der Waals surface area contributed by atoms with Gasteiger partial charge in [-0.3, -0.25) is 0 Å². The molecule has 102 valence electrons. The van der Waals surface area contributed by atoms with E-state index < -0.39 is 0 Å². The van der Waals surface area contributed by atoms with Crippen molar-refractivity contribution < 1.29 is 4.74 Å². The van der Waals surface area contributed by atoms with Gasteiger partial charge in [0.05, 0.1) is 6.10 Å². The lowest BCUT2D eigenvalue weighted by molar-refractivity contribution is 0.242. The summed E-state index contributed by atoms with van der Waals surface area (Å²) in [5.74, 6) is 1.76. The predicted molar refractivity (Wildman–Crippen MR) is 76.4 cm³/mol. The summed E-state index contributed by atoms with van der Waals surface area (Å²) in [6.07, 6.45) is 3.13. The van der Waals surface area contributed by atoms with E-state index in [1.54, 1.807) is 6.20 Å². The van der Waals surface area contributed by atoms with Gasteiger partial charge in [-0.25, -0.2) is 4.98 Å². The molecular formula is C14H25N3O. The average Bonchev–Trinajstić information content (AvgIpc) is 2.34.